The van der Waals surface area contributed by atoms with Gasteiger partial charge in [0.05, 0.1) is 7.11 Å². The zero-order chi connectivity index (χ0) is 15.5. The molecule has 7 heteroatoms. The summed E-state index contributed by atoms with van der Waals surface area (Å²) in [6.07, 6.45) is 3.18. The first kappa shape index (κ1) is 18.4. The zero-order valence-electron chi connectivity index (χ0n) is 12.3. The Kier molecular flexibility index (Phi) is 9.36. The van der Waals surface area contributed by atoms with Crippen molar-refractivity contribution in [3.8, 4) is 0 Å². The molecule has 20 heavy (non-hydrogen) atoms. The number of nitrogens with one attached hydrogen (secondary N) is 2. The smallest absolute Gasteiger partial charge is 0.328 e. The van der Waals surface area contributed by atoms with E-state index in [1.54, 1.807) is 0 Å². The van der Waals surface area contributed by atoms with Crippen molar-refractivity contribution in [3.05, 3.63) is 0 Å². The summed E-state index contributed by atoms with van der Waals surface area (Å²) < 4.78 is 4.52. The number of ether oxygens (including phenoxy) is 1. The maximum absolute atomic E-state index is 12.0. The van der Waals surface area contributed by atoms with E-state index in [-0.39, 0.29) is 12.3 Å². The number of hydrogen-bond donors (Lipinski definition) is 3. The number of esters is 1. The quantitative estimate of drug-likeness (QED) is 0.251. The summed E-state index contributed by atoms with van der Waals surface area (Å²) in [5.41, 5.74) is 1.52. The van der Waals surface area contributed by atoms with Gasteiger partial charge in [0.2, 0.25) is 11.8 Å². The summed E-state index contributed by atoms with van der Waals surface area (Å²) in [6, 6.07) is -0.765. The molecule has 0 unspecified atom stereocenters. The number of carbonyl (C=O) groups excluding carboxylic acids is 3. The molecule has 0 rings (SSSR count). The van der Waals surface area contributed by atoms with E-state index >= 15 is 0 Å². The Morgan fingerprint density at radius 1 is 1.25 bits per heavy atom. The molecule has 0 aliphatic heterocycles. The number of methoxy groups -OCH3 is 1. The van der Waals surface area contributed by atoms with Crippen molar-refractivity contribution < 1.29 is 24.3 Å². The Morgan fingerprint density at radius 3 is 2.40 bits per heavy atom. The molecular weight excluding hydrogens is 264 g/mol. The van der Waals surface area contributed by atoms with Crippen LogP contribution in [0.25, 0.3) is 0 Å². The van der Waals surface area contributed by atoms with Crippen molar-refractivity contribution in [1.29, 1.82) is 0 Å². The van der Waals surface area contributed by atoms with Crippen LogP contribution in [0.3, 0.4) is 0 Å². The summed E-state index contributed by atoms with van der Waals surface area (Å²) in [6.45, 7) is 3.55. The fourth-order valence-corrected chi connectivity index (χ4v) is 1.80. The highest BCUT2D eigenvalue weighted by molar-refractivity contribution is 5.88. The molecule has 0 aliphatic carbocycles. The molecule has 2 atom stereocenters. The van der Waals surface area contributed by atoms with Crippen LogP contribution >= 0.6 is 0 Å². The SMILES string of the molecule is CCCCC[C@H](CC(=O)NO)C(=O)N[C@@H](C)C(=O)OC. The third-order valence-corrected chi connectivity index (χ3v) is 3.00. The van der Waals surface area contributed by atoms with Crippen molar-refractivity contribution in [3.63, 3.8) is 0 Å². The first-order valence-electron chi connectivity index (χ1n) is 6.77. The monoisotopic (exact) mass is 288 g/mol. The normalized spacial score (nSPS) is 13.2. The Morgan fingerprint density at radius 2 is 1.90 bits per heavy atom. The van der Waals surface area contributed by atoms with Crippen LogP contribution < -0.4 is 10.8 Å². The molecule has 0 spiro atoms. The number of unbranched alkanes of at least 4 members (excludes halogenated alkanes) is 2. The molecule has 0 bridgehead atoms. The Bertz CT molecular complexity index is 333. The van der Waals surface area contributed by atoms with Crippen molar-refractivity contribution >= 4 is 17.8 Å². The van der Waals surface area contributed by atoms with Crippen LogP contribution in [0, 0.1) is 5.92 Å². The maximum atomic E-state index is 12.0. The molecule has 0 aromatic rings. The van der Waals surface area contributed by atoms with Gasteiger partial charge >= 0.3 is 5.97 Å². The molecule has 0 aromatic carbocycles. The fourth-order valence-electron chi connectivity index (χ4n) is 1.80. The lowest BCUT2D eigenvalue weighted by Gasteiger charge is -2.18. The molecule has 0 heterocycles. The van der Waals surface area contributed by atoms with Crippen molar-refractivity contribution in [1.82, 2.24) is 10.8 Å². The number of hydrogen-bond acceptors (Lipinski definition) is 5. The van der Waals surface area contributed by atoms with Crippen molar-refractivity contribution in [2.24, 2.45) is 5.92 Å². The predicted molar refractivity (Wildman–Crippen MR) is 71.8 cm³/mol. The highest BCUT2D eigenvalue weighted by Gasteiger charge is 2.24. The molecule has 3 N–H and O–H groups in total. The second-order valence-corrected chi connectivity index (χ2v) is 4.69. The number of hydroxylamine groups is 1. The summed E-state index contributed by atoms with van der Waals surface area (Å²) in [4.78, 5) is 34.5. The molecule has 0 aliphatic rings. The summed E-state index contributed by atoms with van der Waals surface area (Å²) >= 11 is 0. The van der Waals surface area contributed by atoms with Crippen LogP contribution in [0.5, 0.6) is 0 Å². The second-order valence-electron chi connectivity index (χ2n) is 4.69. The lowest BCUT2D eigenvalue weighted by atomic mass is 9.96. The lowest BCUT2D eigenvalue weighted by Crippen LogP contribution is -2.43. The second kappa shape index (κ2) is 10.2. The van der Waals surface area contributed by atoms with Crippen LogP contribution in [0.15, 0.2) is 0 Å². The Labute approximate surface area is 119 Å². The van der Waals surface area contributed by atoms with E-state index in [2.05, 4.69) is 10.1 Å². The van der Waals surface area contributed by atoms with Gasteiger partial charge in [-0.05, 0) is 13.3 Å². The largest absolute Gasteiger partial charge is 0.467 e. The van der Waals surface area contributed by atoms with E-state index < -0.39 is 23.8 Å². The molecule has 0 aromatic heterocycles. The average molecular weight is 288 g/mol. The van der Waals surface area contributed by atoms with Crippen LogP contribution in [-0.2, 0) is 19.1 Å². The van der Waals surface area contributed by atoms with Crippen molar-refractivity contribution in [2.45, 2.75) is 52.0 Å². The third-order valence-electron chi connectivity index (χ3n) is 3.00. The molecule has 7 nitrogen and oxygen atoms in total. The standard InChI is InChI=1S/C13H24N2O5/c1-4-5-6-7-10(8-11(16)15-19)12(17)14-9(2)13(18)20-3/h9-10,19H,4-8H2,1-3H3,(H,14,17)(H,15,16)/t9-,10+/m0/s1. The summed E-state index contributed by atoms with van der Waals surface area (Å²) in [5.74, 6) is -2.12. The van der Waals surface area contributed by atoms with E-state index in [4.69, 9.17) is 5.21 Å². The van der Waals surface area contributed by atoms with Crippen LogP contribution in [0.4, 0.5) is 0 Å². The van der Waals surface area contributed by atoms with Gasteiger partial charge in [-0.15, -0.1) is 0 Å². The van der Waals surface area contributed by atoms with E-state index in [0.29, 0.717) is 6.42 Å². The number of carbonyl (C=O) groups is 3. The van der Waals surface area contributed by atoms with Gasteiger partial charge in [0.15, 0.2) is 0 Å². The number of amides is 2. The zero-order valence-corrected chi connectivity index (χ0v) is 12.3. The first-order chi connectivity index (χ1) is 9.46. The van der Waals surface area contributed by atoms with Gasteiger partial charge in [0.1, 0.15) is 6.04 Å². The average Bonchev–Trinajstić information content (AvgIpc) is 2.44. The van der Waals surface area contributed by atoms with Crippen LogP contribution in [-0.4, -0.2) is 36.1 Å². The maximum Gasteiger partial charge on any atom is 0.328 e. The molecule has 0 radical (unpaired) electrons. The highest BCUT2D eigenvalue weighted by atomic mass is 16.5. The van der Waals surface area contributed by atoms with Crippen LogP contribution in [0.1, 0.15) is 46.0 Å². The van der Waals surface area contributed by atoms with E-state index in [9.17, 15) is 14.4 Å². The molecule has 0 saturated heterocycles. The van der Waals surface area contributed by atoms with Gasteiger partial charge in [-0.1, -0.05) is 26.2 Å². The Balaban J connectivity index is 4.52. The molecular formula is C13H24N2O5. The van der Waals surface area contributed by atoms with Crippen molar-refractivity contribution in [2.75, 3.05) is 7.11 Å². The molecule has 116 valence electrons. The highest BCUT2D eigenvalue weighted by Crippen LogP contribution is 2.14. The van der Waals surface area contributed by atoms with Gasteiger partial charge in [0, 0.05) is 12.3 Å². The predicted octanol–water partition coefficient (Wildman–Crippen LogP) is 0.756. The topological polar surface area (TPSA) is 105 Å². The van der Waals surface area contributed by atoms with Gasteiger partial charge in [-0.25, -0.2) is 10.3 Å². The van der Waals surface area contributed by atoms with Gasteiger partial charge in [-0.2, -0.15) is 0 Å². The molecule has 2 amide bonds. The van der Waals surface area contributed by atoms with Crippen LogP contribution in [0.2, 0.25) is 0 Å². The van der Waals surface area contributed by atoms with E-state index in [1.165, 1.54) is 19.5 Å². The molecule has 0 saturated carbocycles. The summed E-state index contributed by atoms with van der Waals surface area (Å²) in [7, 11) is 1.24. The lowest BCUT2D eigenvalue weighted by molar-refractivity contribution is -0.145. The third kappa shape index (κ3) is 7.08. The minimum atomic E-state index is -0.765. The minimum Gasteiger partial charge on any atom is -0.467 e. The summed E-state index contributed by atoms with van der Waals surface area (Å²) in [5, 5.41) is 11.1. The van der Waals surface area contributed by atoms with E-state index in [1.807, 2.05) is 6.92 Å². The van der Waals surface area contributed by atoms with E-state index in [0.717, 1.165) is 19.3 Å². The number of rotatable bonds is 9. The Hall–Kier alpha value is -1.63. The molecule has 0 fully saturated rings. The fraction of sp³-hybridized carbons (Fsp3) is 0.769. The van der Waals surface area contributed by atoms with Gasteiger partial charge in [0.25, 0.3) is 0 Å². The van der Waals surface area contributed by atoms with Gasteiger partial charge in [-0.3, -0.25) is 14.8 Å². The first-order valence-corrected chi connectivity index (χ1v) is 6.77. The minimum absolute atomic E-state index is 0.111. The van der Waals surface area contributed by atoms with Gasteiger partial charge < -0.3 is 10.1 Å².